The third-order valence-corrected chi connectivity index (χ3v) is 3.57. The largest absolute Gasteiger partial charge is 0.385 e. The molecule has 2 rings (SSSR count). The van der Waals surface area contributed by atoms with Crippen LogP contribution in [0.5, 0.6) is 0 Å². The Morgan fingerprint density at radius 1 is 0.850 bits per heavy atom. The highest BCUT2D eigenvalue weighted by Gasteiger charge is 2.12. The zero-order valence-electron chi connectivity index (χ0n) is 12.8. The minimum Gasteiger partial charge on any atom is -0.385 e. The predicted octanol–water partition coefficient (Wildman–Crippen LogP) is 5.03. The first-order chi connectivity index (χ1) is 9.55. The van der Waals surface area contributed by atoms with Crippen molar-refractivity contribution in [2.45, 2.75) is 39.0 Å². The minimum absolute atomic E-state index is 0.243. The van der Waals surface area contributed by atoms with Crippen molar-refractivity contribution in [3.63, 3.8) is 0 Å². The predicted molar refractivity (Wildman–Crippen MR) is 88.4 cm³/mol. The first-order valence-electron chi connectivity index (χ1n) is 7.44. The highest BCUT2D eigenvalue weighted by molar-refractivity contribution is 5.42. The van der Waals surface area contributed by atoms with Crippen LogP contribution in [-0.2, 0) is 11.8 Å². The summed E-state index contributed by atoms with van der Waals surface area (Å²) in [6.07, 6.45) is 2.29. The number of nitrogens with one attached hydrogen (secondary N) is 1. The van der Waals surface area contributed by atoms with E-state index < -0.39 is 0 Å². The van der Waals surface area contributed by atoms with Crippen LogP contribution in [0.4, 0.5) is 5.69 Å². The molecule has 20 heavy (non-hydrogen) atoms. The van der Waals surface area contributed by atoms with Crippen LogP contribution in [0, 0.1) is 0 Å². The molecule has 0 bridgehead atoms. The molecule has 0 atom stereocenters. The van der Waals surface area contributed by atoms with E-state index in [0.717, 1.165) is 19.4 Å². The monoisotopic (exact) mass is 267 g/mol. The minimum atomic E-state index is 0.243. The van der Waals surface area contributed by atoms with Crippen molar-refractivity contribution >= 4 is 5.69 Å². The van der Waals surface area contributed by atoms with Gasteiger partial charge in [0.2, 0.25) is 0 Å². The lowest BCUT2D eigenvalue weighted by Crippen LogP contribution is -2.10. The standard InChI is InChI=1S/C19H25N/c1-19(2,3)17-13-11-16(12-14-17)8-7-15-20-18-9-5-4-6-10-18/h4-6,9-14,20H,7-8,15H2,1-3H3. The van der Waals surface area contributed by atoms with Crippen molar-refractivity contribution in [3.05, 3.63) is 65.7 Å². The summed E-state index contributed by atoms with van der Waals surface area (Å²) in [5, 5.41) is 3.45. The Kier molecular flexibility index (Phi) is 4.84. The van der Waals surface area contributed by atoms with Crippen LogP contribution in [0.2, 0.25) is 0 Å². The fourth-order valence-electron chi connectivity index (χ4n) is 2.25. The Labute approximate surface area is 123 Å². The van der Waals surface area contributed by atoms with E-state index in [1.54, 1.807) is 0 Å². The molecule has 0 saturated heterocycles. The van der Waals surface area contributed by atoms with Crippen LogP contribution in [0.1, 0.15) is 38.3 Å². The second kappa shape index (κ2) is 6.60. The highest BCUT2D eigenvalue weighted by Crippen LogP contribution is 2.22. The number of aryl methyl sites for hydroxylation is 1. The molecule has 0 aromatic heterocycles. The maximum atomic E-state index is 3.45. The van der Waals surface area contributed by atoms with Gasteiger partial charge in [-0.25, -0.2) is 0 Å². The summed E-state index contributed by atoms with van der Waals surface area (Å²) in [5.41, 5.74) is 4.28. The Bertz CT molecular complexity index is 506. The van der Waals surface area contributed by atoms with Crippen LogP contribution in [0.15, 0.2) is 54.6 Å². The van der Waals surface area contributed by atoms with E-state index in [9.17, 15) is 0 Å². The Balaban J connectivity index is 1.77. The Morgan fingerprint density at radius 2 is 1.50 bits per heavy atom. The molecule has 0 unspecified atom stereocenters. The summed E-state index contributed by atoms with van der Waals surface area (Å²) in [4.78, 5) is 0. The molecular weight excluding hydrogens is 242 g/mol. The smallest absolute Gasteiger partial charge is 0.0340 e. The first-order valence-corrected chi connectivity index (χ1v) is 7.44. The molecule has 0 aliphatic carbocycles. The van der Waals surface area contributed by atoms with Gasteiger partial charge < -0.3 is 5.32 Å². The average Bonchev–Trinajstić information content (AvgIpc) is 2.44. The topological polar surface area (TPSA) is 12.0 Å². The summed E-state index contributed by atoms with van der Waals surface area (Å²) in [6, 6.07) is 19.4. The zero-order valence-corrected chi connectivity index (χ0v) is 12.8. The van der Waals surface area contributed by atoms with Crippen molar-refractivity contribution in [1.29, 1.82) is 0 Å². The normalized spacial score (nSPS) is 11.3. The molecular formula is C19H25N. The molecule has 2 aromatic carbocycles. The molecule has 0 amide bonds. The van der Waals surface area contributed by atoms with Gasteiger partial charge in [-0.1, -0.05) is 63.2 Å². The number of para-hydroxylation sites is 1. The van der Waals surface area contributed by atoms with Crippen molar-refractivity contribution < 1.29 is 0 Å². The fourth-order valence-corrected chi connectivity index (χ4v) is 2.25. The summed E-state index contributed by atoms with van der Waals surface area (Å²) in [7, 11) is 0. The Hall–Kier alpha value is -1.76. The van der Waals surface area contributed by atoms with Gasteiger partial charge in [0.15, 0.2) is 0 Å². The maximum absolute atomic E-state index is 3.45. The maximum Gasteiger partial charge on any atom is 0.0340 e. The van der Waals surface area contributed by atoms with Crippen molar-refractivity contribution in [3.8, 4) is 0 Å². The molecule has 0 aliphatic rings. The quantitative estimate of drug-likeness (QED) is 0.749. The van der Waals surface area contributed by atoms with E-state index in [1.165, 1.54) is 16.8 Å². The van der Waals surface area contributed by atoms with Gasteiger partial charge in [0.25, 0.3) is 0 Å². The van der Waals surface area contributed by atoms with Gasteiger partial charge in [0, 0.05) is 12.2 Å². The molecule has 0 spiro atoms. The van der Waals surface area contributed by atoms with E-state index in [0.29, 0.717) is 0 Å². The SMILES string of the molecule is CC(C)(C)c1ccc(CCCNc2ccccc2)cc1. The summed E-state index contributed by atoms with van der Waals surface area (Å²) < 4.78 is 0. The molecule has 0 aliphatic heterocycles. The number of hydrogen-bond donors (Lipinski definition) is 1. The lowest BCUT2D eigenvalue weighted by atomic mass is 9.86. The molecule has 106 valence electrons. The van der Waals surface area contributed by atoms with Gasteiger partial charge >= 0.3 is 0 Å². The van der Waals surface area contributed by atoms with Crippen LogP contribution in [0.25, 0.3) is 0 Å². The molecule has 0 fully saturated rings. The van der Waals surface area contributed by atoms with Gasteiger partial charge in [0.05, 0.1) is 0 Å². The number of rotatable bonds is 5. The first kappa shape index (κ1) is 14.6. The van der Waals surface area contributed by atoms with Gasteiger partial charge in [0.1, 0.15) is 0 Å². The van der Waals surface area contributed by atoms with Crippen molar-refractivity contribution in [2.75, 3.05) is 11.9 Å². The van der Waals surface area contributed by atoms with E-state index in [-0.39, 0.29) is 5.41 Å². The molecule has 0 heterocycles. The summed E-state index contributed by atoms with van der Waals surface area (Å²) in [5.74, 6) is 0. The van der Waals surface area contributed by atoms with Crippen LogP contribution in [-0.4, -0.2) is 6.54 Å². The van der Waals surface area contributed by atoms with Gasteiger partial charge in [-0.15, -0.1) is 0 Å². The second-order valence-electron chi connectivity index (χ2n) is 6.34. The lowest BCUT2D eigenvalue weighted by molar-refractivity contribution is 0.590. The van der Waals surface area contributed by atoms with E-state index in [4.69, 9.17) is 0 Å². The molecule has 1 heteroatoms. The van der Waals surface area contributed by atoms with E-state index >= 15 is 0 Å². The fraction of sp³-hybridized carbons (Fsp3) is 0.368. The van der Waals surface area contributed by atoms with Crippen LogP contribution < -0.4 is 5.32 Å². The van der Waals surface area contributed by atoms with Gasteiger partial charge in [-0.3, -0.25) is 0 Å². The summed E-state index contributed by atoms with van der Waals surface area (Å²) in [6.45, 7) is 7.79. The van der Waals surface area contributed by atoms with Crippen molar-refractivity contribution in [2.24, 2.45) is 0 Å². The van der Waals surface area contributed by atoms with Crippen molar-refractivity contribution in [1.82, 2.24) is 0 Å². The summed E-state index contributed by atoms with van der Waals surface area (Å²) >= 11 is 0. The van der Waals surface area contributed by atoms with E-state index in [2.05, 4.69) is 74.6 Å². The molecule has 1 N–H and O–H groups in total. The number of hydrogen-bond acceptors (Lipinski definition) is 1. The Morgan fingerprint density at radius 3 is 2.10 bits per heavy atom. The van der Waals surface area contributed by atoms with Gasteiger partial charge in [-0.2, -0.15) is 0 Å². The second-order valence-corrected chi connectivity index (χ2v) is 6.34. The van der Waals surface area contributed by atoms with Gasteiger partial charge in [-0.05, 0) is 41.5 Å². The van der Waals surface area contributed by atoms with Crippen LogP contribution >= 0.6 is 0 Å². The lowest BCUT2D eigenvalue weighted by Gasteiger charge is -2.19. The van der Waals surface area contributed by atoms with E-state index in [1.807, 2.05) is 6.07 Å². The third-order valence-electron chi connectivity index (χ3n) is 3.57. The molecule has 2 aromatic rings. The zero-order chi connectivity index (χ0) is 14.4. The number of benzene rings is 2. The molecule has 0 radical (unpaired) electrons. The highest BCUT2D eigenvalue weighted by atomic mass is 14.9. The third kappa shape index (κ3) is 4.41. The van der Waals surface area contributed by atoms with Crippen LogP contribution in [0.3, 0.4) is 0 Å². The molecule has 0 saturated carbocycles. The average molecular weight is 267 g/mol. The molecule has 1 nitrogen and oxygen atoms in total. The number of anilines is 1.